The molecule has 11 heteroatoms. The van der Waals surface area contributed by atoms with Crippen molar-refractivity contribution in [2.75, 3.05) is 24.5 Å². The molecule has 0 fully saturated rings. The number of carbonyl (C=O) groups excluding carboxylic acids is 2. The minimum absolute atomic E-state index is 0.0188. The third-order valence-electron chi connectivity index (χ3n) is 6.10. The topological polar surface area (TPSA) is 96.0 Å². The van der Waals surface area contributed by atoms with Crippen molar-refractivity contribution in [3.05, 3.63) is 88.7 Å². The zero-order valence-corrected chi connectivity index (χ0v) is 23.7. The number of nitrogens with one attached hydrogen (secondary N) is 1. The summed E-state index contributed by atoms with van der Waals surface area (Å²) in [6.07, 6.45) is 0. The van der Waals surface area contributed by atoms with Crippen LogP contribution in [0.2, 0.25) is 5.02 Å². The Morgan fingerprint density at radius 2 is 1.69 bits per heavy atom. The maximum atomic E-state index is 13.8. The lowest BCUT2D eigenvalue weighted by Crippen LogP contribution is -2.51. The fourth-order valence-electron chi connectivity index (χ4n) is 3.87. The lowest BCUT2D eigenvalue weighted by atomic mass is 10.1. The number of hydrogen-bond acceptors (Lipinski definition) is 5. The molecule has 0 aromatic heterocycles. The second-order valence-corrected chi connectivity index (χ2v) is 11.1. The molecule has 0 saturated carbocycles. The molecule has 0 aliphatic carbocycles. The average molecular weight is 576 g/mol. The summed E-state index contributed by atoms with van der Waals surface area (Å²) >= 11 is 6.31. The van der Waals surface area contributed by atoms with E-state index >= 15 is 0 Å². The summed E-state index contributed by atoms with van der Waals surface area (Å²) in [6, 6.07) is 15.2. The van der Waals surface area contributed by atoms with Gasteiger partial charge in [0.25, 0.3) is 10.0 Å². The normalized spacial score (nSPS) is 11.9. The van der Waals surface area contributed by atoms with E-state index in [-0.39, 0.29) is 22.2 Å². The molecular weight excluding hydrogens is 545 g/mol. The monoisotopic (exact) mass is 575 g/mol. The van der Waals surface area contributed by atoms with E-state index in [1.165, 1.54) is 66.6 Å². The second kappa shape index (κ2) is 12.9. The molecule has 39 heavy (non-hydrogen) atoms. The highest BCUT2D eigenvalue weighted by Gasteiger charge is 2.32. The van der Waals surface area contributed by atoms with Gasteiger partial charge in [-0.05, 0) is 68.8 Å². The summed E-state index contributed by atoms with van der Waals surface area (Å²) in [5, 5.41) is 2.84. The van der Waals surface area contributed by atoms with Crippen LogP contribution in [-0.2, 0) is 26.2 Å². The van der Waals surface area contributed by atoms with Crippen LogP contribution < -0.4 is 14.4 Å². The SMILES string of the molecule is CCNC(=O)[C@H](C)N(Cc1ccc(F)cc1)C(=O)CN(c1ccc(OC)c(Cl)c1)S(=O)(=O)c1ccc(C)cc1. The molecule has 0 aliphatic rings. The predicted molar refractivity (Wildman–Crippen MR) is 149 cm³/mol. The zero-order chi connectivity index (χ0) is 28.7. The average Bonchev–Trinajstić information content (AvgIpc) is 2.91. The van der Waals surface area contributed by atoms with Gasteiger partial charge < -0.3 is 15.0 Å². The molecule has 0 bridgehead atoms. The molecule has 1 atom stereocenters. The Hall–Kier alpha value is -3.63. The first kappa shape index (κ1) is 29.9. The molecule has 3 aromatic rings. The Balaban J connectivity index is 2.06. The predicted octanol–water partition coefficient (Wildman–Crippen LogP) is 4.54. The van der Waals surface area contributed by atoms with Gasteiger partial charge in [0.1, 0.15) is 24.2 Å². The maximum absolute atomic E-state index is 13.8. The van der Waals surface area contributed by atoms with Gasteiger partial charge in [-0.25, -0.2) is 12.8 Å². The van der Waals surface area contributed by atoms with E-state index < -0.39 is 40.2 Å². The third-order valence-corrected chi connectivity index (χ3v) is 8.18. The van der Waals surface area contributed by atoms with Gasteiger partial charge in [-0.1, -0.05) is 41.4 Å². The summed E-state index contributed by atoms with van der Waals surface area (Å²) < 4.78 is 47.3. The van der Waals surface area contributed by atoms with Crippen LogP contribution in [0.15, 0.2) is 71.6 Å². The summed E-state index contributed by atoms with van der Waals surface area (Å²) in [5.41, 5.74) is 1.58. The number of halogens is 2. The molecule has 0 saturated heterocycles. The maximum Gasteiger partial charge on any atom is 0.264 e. The van der Waals surface area contributed by atoms with Crippen LogP contribution in [0.4, 0.5) is 10.1 Å². The van der Waals surface area contributed by atoms with Gasteiger partial charge in [0.15, 0.2) is 0 Å². The van der Waals surface area contributed by atoms with Gasteiger partial charge in [0.2, 0.25) is 11.8 Å². The molecule has 0 heterocycles. The van der Waals surface area contributed by atoms with E-state index in [0.29, 0.717) is 17.9 Å². The van der Waals surface area contributed by atoms with E-state index in [0.717, 1.165) is 9.87 Å². The van der Waals surface area contributed by atoms with Gasteiger partial charge in [-0.15, -0.1) is 0 Å². The van der Waals surface area contributed by atoms with Gasteiger partial charge >= 0.3 is 0 Å². The lowest BCUT2D eigenvalue weighted by molar-refractivity contribution is -0.139. The molecule has 3 aromatic carbocycles. The molecule has 0 radical (unpaired) electrons. The minimum Gasteiger partial charge on any atom is -0.495 e. The smallest absolute Gasteiger partial charge is 0.264 e. The second-order valence-electron chi connectivity index (χ2n) is 8.86. The van der Waals surface area contributed by atoms with Gasteiger partial charge in [-0.2, -0.15) is 0 Å². The van der Waals surface area contributed by atoms with Crippen LogP contribution >= 0.6 is 11.6 Å². The van der Waals surface area contributed by atoms with Crippen molar-refractivity contribution < 1.29 is 27.1 Å². The van der Waals surface area contributed by atoms with E-state index in [4.69, 9.17) is 16.3 Å². The van der Waals surface area contributed by atoms with Crippen LogP contribution in [0.25, 0.3) is 0 Å². The Kier molecular flexibility index (Phi) is 9.93. The standard InChI is InChI=1S/C28H31ClFN3O5S/c1-5-31-28(35)20(3)32(17-21-8-10-22(30)11-9-21)27(34)18-33(23-12-15-26(38-4)25(29)16-23)39(36,37)24-13-6-19(2)7-14-24/h6-16,20H,5,17-18H2,1-4H3,(H,31,35)/t20-/m0/s1. The van der Waals surface area contributed by atoms with Gasteiger partial charge in [-0.3, -0.25) is 13.9 Å². The number of aryl methyl sites for hydroxylation is 1. The largest absolute Gasteiger partial charge is 0.495 e. The number of rotatable bonds is 11. The number of ether oxygens (including phenoxy) is 1. The Morgan fingerprint density at radius 1 is 1.05 bits per heavy atom. The number of benzene rings is 3. The summed E-state index contributed by atoms with van der Waals surface area (Å²) in [6.45, 7) is 4.82. The van der Waals surface area contributed by atoms with E-state index in [2.05, 4.69) is 5.32 Å². The molecule has 8 nitrogen and oxygen atoms in total. The molecule has 1 N–H and O–H groups in total. The number of nitrogens with zero attached hydrogens (tertiary/aromatic N) is 2. The highest BCUT2D eigenvalue weighted by Crippen LogP contribution is 2.32. The Morgan fingerprint density at radius 3 is 2.26 bits per heavy atom. The Bertz CT molecular complexity index is 1420. The van der Waals surface area contributed by atoms with Crippen molar-refractivity contribution in [3.63, 3.8) is 0 Å². The molecule has 0 spiro atoms. The molecule has 2 amide bonds. The van der Waals surface area contributed by atoms with Crippen molar-refractivity contribution in [3.8, 4) is 5.75 Å². The number of methoxy groups -OCH3 is 1. The summed E-state index contributed by atoms with van der Waals surface area (Å²) in [5.74, 6) is -1.16. The fraction of sp³-hybridized carbons (Fsp3) is 0.286. The van der Waals surface area contributed by atoms with Gasteiger partial charge in [0, 0.05) is 13.1 Å². The molecular formula is C28H31ClFN3O5S. The van der Waals surface area contributed by atoms with E-state index in [1.807, 2.05) is 6.92 Å². The molecule has 0 unspecified atom stereocenters. The first-order valence-corrected chi connectivity index (χ1v) is 14.0. The fourth-order valence-corrected chi connectivity index (χ4v) is 5.53. The van der Waals surface area contributed by atoms with Gasteiger partial charge in [0.05, 0.1) is 22.7 Å². The first-order valence-electron chi connectivity index (χ1n) is 12.2. The quantitative estimate of drug-likeness (QED) is 0.362. The van der Waals surface area contributed by atoms with Crippen molar-refractivity contribution in [2.24, 2.45) is 0 Å². The van der Waals surface area contributed by atoms with Crippen LogP contribution in [0.1, 0.15) is 25.0 Å². The lowest BCUT2D eigenvalue weighted by Gasteiger charge is -2.32. The number of carbonyl (C=O) groups is 2. The first-order chi connectivity index (χ1) is 18.5. The number of likely N-dealkylation sites (N-methyl/N-ethyl adjacent to an activating group) is 1. The summed E-state index contributed by atoms with van der Waals surface area (Å²) in [7, 11) is -2.80. The van der Waals surface area contributed by atoms with Crippen molar-refractivity contribution >= 4 is 39.1 Å². The number of hydrogen-bond donors (Lipinski definition) is 1. The minimum atomic E-state index is -4.23. The van der Waals surface area contributed by atoms with Crippen molar-refractivity contribution in [1.29, 1.82) is 0 Å². The van der Waals surface area contributed by atoms with Crippen molar-refractivity contribution in [1.82, 2.24) is 10.2 Å². The molecule has 208 valence electrons. The van der Waals surface area contributed by atoms with Crippen LogP contribution in [0.5, 0.6) is 5.75 Å². The zero-order valence-electron chi connectivity index (χ0n) is 22.1. The van der Waals surface area contributed by atoms with Crippen molar-refractivity contribution in [2.45, 2.75) is 38.3 Å². The molecule has 3 rings (SSSR count). The van der Waals surface area contributed by atoms with Crippen LogP contribution in [0, 0.1) is 12.7 Å². The highest BCUT2D eigenvalue weighted by atomic mass is 35.5. The van der Waals surface area contributed by atoms with Crippen LogP contribution in [-0.4, -0.2) is 51.4 Å². The summed E-state index contributed by atoms with van der Waals surface area (Å²) in [4.78, 5) is 27.8. The number of sulfonamides is 1. The van der Waals surface area contributed by atoms with E-state index in [1.54, 1.807) is 26.0 Å². The Labute approximate surface area is 233 Å². The number of anilines is 1. The third kappa shape index (κ3) is 7.27. The molecule has 0 aliphatic heterocycles. The highest BCUT2D eigenvalue weighted by molar-refractivity contribution is 7.92. The van der Waals surface area contributed by atoms with E-state index in [9.17, 15) is 22.4 Å². The van der Waals surface area contributed by atoms with Crippen LogP contribution in [0.3, 0.4) is 0 Å². The number of amides is 2.